The van der Waals surface area contributed by atoms with Crippen molar-refractivity contribution in [2.24, 2.45) is 0 Å². The maximum Gasteiger partial charge on any atom is 0.321 e. The van der Waals surface area contributed by atoms with Crippen molar-refractivity contribution in [2.45, 2.75) is 19.0 Å². The first-order chi connectivity index (χ1) is 10.2. The zero-order valence-corrected chi connectivity index (χ0v) is 11.8. The molecule has 2 aromatic rings. The van der Waals surface area contributed by atoms with E-state index in [9.17, 15) is 9.90 Å². The molecule has 1 atom stereocenters. The molecule has 4 heteroatoms. The topological polar surface area (TPSA) is 58.6 Å². The fourth-order valence-corrected chi connectivity index (χ4v) is 2.77. The third-order valence-electron chi connectivity index (χ3n) is 3.92. The number of hydrogen-bond acceptors (Lipinski definition) is 3. The van der Waals surface area contributed by atoms with Gasteiger partial charge in [-0.25, -0.2) is 0 Å². The van der Waals surface area contributed by atoms with Crippen LogP contribution in [0.5, 0.6) is 5.75 Å². The second-order valence-electron chi connectivity index (χ2n) is 5.15. The Morgan fingerprint density at radius 2 is 2.00 bits per heavy atom. The lowest BCUT2D eigenvalue weighted by atomic mass is 9.88. The van der Waals surface area contributed by atoms with Crippen molar-refractivity contribution in [1.82, 2.24) is 5.32 Å². The minimum absolute atomic E-state index is 0.507. The van der Waals surface area contributed by atoms with Crippen LogP contribution in [-0.2, 0) is 17.8 Å². The minimum Gasteiger partial charge on any atom is -0.497 e. The minimum atomic E-state index is -0.801. The predicted molar refractivity (Wildman–Crippen MR) is 80.4 cm³/mol. The van der Waals surface area contributed by atoms with Gasteiger partial charge in [0.05, 0.1) is 7.11 Å². The highest BCUT2D eigenvalue weighted by Crippen LogP contribution is 2.30. The molecule has 1 heterocycles. The number of nitrogens with one attached hydrogen (secondary N) is 1. The largest absolute Gasteiger partial charge is 0.497 e. The summed E-state index contributed by atoms with van der Waals surface area (Å²) in [5, 5.41) is 12.3. The van der Waals surface area contributed by atoms with Gasteiger partial charge < -0.3 is 15.2 Å². The molecule has 21 heavy (non-hydrogen) atoms. The molecule has 1 aliphatic heterocycles. The van der Waals surface area contributed by atoms with Gasteiger partial charge in [0.2, 0.25) is 0 Å². The summed E-state index contributed by atoms with van der Waals surface area (Å²) in [6.07, 6.45) is 0.507. The van der Waals surface area contributed by atoms with Crippen molar-refractivity contribution in [2.75, 3.05) is 7.11 Å². The lowest BCUT2D eigenvalue weighted by Gasteiger charge is -2.25. The van der Waals surface area contributed by atoms with E-state index in [4.69, 9.17) is 4.74 Å². The predicted octanol–water partition coefficient (Wildman–Crippen LogP) is 2.46. The summed E-state index contributed by atoms with van der Waals surface area (Å²) < 4.78 is 5.18. The van der Waals surface area contributed by atoms with E-state index >= 15 is 0 Å². The van der Waals surface area contributed by atoms with Crippen LogP contribution in [0.25, 0.3) is 11.1 Å². The molecular weight excluding hydrogens is 266 g/mol. The van der Waals surface area contributed by atoms with Crippen molar-refractivity contribution < 1.29 is 14.6 Å². The molecule has 108 valence electrons. The molecule has 4 nitrogen and oxygen atoms in total. The Bertz CT molecular complexity index is 664. The smallest absolute Gasteiger partial charge is 0.321 e. The molecule has 0 saturated carbocycles. The molecule has 0 radical (unpaired) electrons. The SMILES string of the molecule is COc1ccc(-c2cccc3c2CC(C(=O)O)NC3)cc1. The van der Waals surface area contributed by atoms with Crippen molar-refractivity contribution >= 4 is 5.97 Å². The summed E-state index contributed by atoms with van der Waals surface area (Å²) in [7, 11) is 1.64. The summed E-state index contributed by atoms with van der Waals surface area (Å²) in [6.45, 7) is 0.594. The number of fused-ring (bicyclic) bond motifs is 1. The van der Waals surface area contributed by atoms with Gasteiger partial charge in [-0.15, -0.1) is 0 Å². The van der Waals surface area contributed by atoms with Crippen molar-refractivity contribution in [3.63, 3.8) is 0 Å². The average molecular weight is 283 g/mol. The molecule has 1 aliphatic rings. The molecule has 1 unspecified atom stereocenters. The molecule has 0 aromatic heterocycles. The third-order valence-corrected chi connectivity index (χ3v) is 3.92. The maximum atomic E-state index is 11.2. The highest BCUT2D eigenvalue weighted by Gasteiger charge is 2.25. The zero-order valence-electron chi connectivity index (χ0n) is 11.8. The van der Waals surface area contributed by atoms with Gasteiger partial charge in [0.1, 0.15) is 11.8 Å². The van der Waals surface area contributed by atoms with Gasteiger partial charge in [0, 0.05) is 6.54 Å². The van der Waals surface area contributed by atoms with Gasteiger partial charge in [-0.05, 0) is 40.8 Å². The summed E-state index contributed by atoms with van der Waals surface area (Å²) in [5.74, 6) is 0.0128. The molecule has 0 spiro atoms. The second kappa shape index (κ2) is 5.58. The van der Waals surface area contributed by atoms with Crippen LogP contribution in [0.2, 0.25) is 0 Å². The van der Waals surface area contributed by atoms with Gasteiger partial charge in [0.25, 0.3) is 0 Å². The van der Waals surface area contributed by atoms with E-state index in [1.807, 2.05) is 42.5 Å². The van der Waals surface area contributed by atoms with Gasteiger partial charge >= 0.3 is 5.97 Å². The molecule has 2 aromatic carbocycles. The molecule has 3 rings (SSSR count). The number of hydrogen-bond donors (Lipinski definition) is 2. The number of methoxy groups -OCH3 is 1. The maximum absolute atomic E-state index is 11.2. The summed E-state index contributed by atoms with van der Waals surface area (Å²) in [6, 6.07) is 13.4. The number of carboxylic acids is 1. The van der Waals surface area contributed by atoms with Crippen LogP contribution < -0.4 is 10.1 Å². The fraction of sp³-hybridized carbons (Fsp3) is 0.235. The van der Waals surface area contributed by atoms with E-state index in [-0.39, 0.29) is 0 Å². The van der Waals surface area contributed by atoms with Crippen LogP contribution in [0.15, 0.2) is 42.5 Å². The van der Waals surface area contributed by atoms with E-state index in [2.05, 4.69) is 5.32 Å². The van der Waals surface area contributed by atoms with Gasteiger partial charge in [0.15, 0.2) is 0 Å². The Balaban J connectivity index is 2.01. The standard InChI is InChI=1S/C17H17NO3/c1-21-13-7-5-11(6-8-13)14-4-2-3-12-10-18-16(17(19)20)9-15(12)14/h2-8,16,18H,9-10H2,1H3,(H,19,20). The van der Waals surface area contributed by atoms with E-state index in [0.29, 0.717) is 13.0 Å². The van der Waals surface area contributed by atoms with Crippen LogP contribution in [0.4, 0.5) is 0 Å². The molecule has 0 saturated heterocycles. The highest BCUT2D eigenvalue weighted by atomic mass is 16.5. The van der Waals surface area contributed by atoms with Crippen LogP contribution in [-0.4, -0.2) is 24.2 Å². The van der Waals surface area contributed by atoms with E-state index in [1.165, 1.54) is 5.56 Å². The molecule has 2 N–H and O–H groups in total. The number of benzene rings is 2. The van der Waals surface area contributed by atoms with E-state index < -0.39 is 12.0 Å². The van der Waals surface area contributed by atoms with Gasteiger partial charge in [-0.2, -0.15) is 0 Å². The highest BCUT2D eigenvalue weighted by molar-refractivity contribution is 5.77. The van der Waals surface area contributed by atoms with Crippen LogP contribution in [0.3, 0.4) is 0 Å². The van der Waals surface area contributed by atoms with Crippen LogP contribution in [0, 0.1) is 0 Å². The lowest BCUT2D eigenvalue weighted by molar-refractivity contribution is -0.139. The molecule has 0 amide bonds. The number of aliphatic carboxylic acids is 1. The summed E-state index contributed by atoms with van der Waals surface area (Å²) >= 11 is 0. The Hall–Kier alpha value is -2.33. The Morgan fingerprint density at radius 1 is 1.24 bits per heavy atom. The fourth-order valence-electron chi connectivity index (χ4n) is 2.77. The number of carbonyl (C=O) groups is 1. The van der Waals surface area contributed by atoms with Crippen LogP contribution >= 0.6 is 0 Å². The van der Waals surface area contributed by atoms with Gasteiger partial charge in [-0.1, -0.05) is 30.3 Å². The van der Waals surface area contributed by atoms with Crippen molar-refractivity contribution in [3.8, 4) is 16.9 Å². The Morgan fingerprint density at radius 3 is 2.67 bits per heavy atom. The van der Waals surface area contributed by atoms with Crippen molar-refractivity contribution in [3.05, 3.63) is 53.6 Å². The first-order valence-electron chi connectivity index (χ1n) is 6.90. The molecule has 0 fully saturated rings. The van der Waals surface area contributed by atoms with E-state index in [0.717, 1.165) is 22.4 Å². The van der Waals surface area contributed by atoms with Gasteiger partial charge in [-0.3, -0.25) is 4.79 Å². The third kappa shape index (κ3) is 2.62. The molecular formula is C17H17NO3. The monoisotopic (exact) mass is 283 g/mol. The first-order valence-corrected chi connectivity index (χ1v) is 6.90. The second-order valence-corrected chi connectivity index (χ2v) is 5.15. The molecule has 0 bridgehead atoms. The molecule has 0 aliphatic carbocycles. The Kier molecular flexibility index (Phi) is 3.62. The Labute approximate surface area is 123 Å². The number of ether oxygens (including phenoxy) is 1. The normalized spacial score (nSPS) is 17.1. The number of rotatable bonds is 3. The summed E-state index contributed by atoms with van der Waals surface area (Å²) in [5.41, 5.74) is 4.47. The average Bonchev–Trinajstić information content (AvgIpc) is 2.54. The zero-order chi connectivity index (χ0) is 14.8. The summed E-state index contributed by atoms with van der Waals surface area (Å²) in [4.78, 5) is 11.2. The number of carboxylic acid groups (broad SMARTS) is 1. The first kappa shape index (κ1) is 13.6. The van der Waals surface area contributed by atoms with E-state index in [1.54, 1.807) is 7.11 Å². The lowest BCUT2D eigenvalue weighted by Crippen LogP contribution is -2.41. The quantitative estimate of drug-likeness (QED) is 0.908. The van der Waals surface area contributed by atoms with Crippen molar-refractivity contribution in [1.29, 1.82) is 0 Å². The van der Waals surface area contributed by atoms with Crippen LogP contribution in [0.1, 0.15) is 11.1 Å².